The van der Waals surface area contributed by atoms with Gasteiger partial charge in [-0.3, -0.25) is 4.98 Å². The van der Waals surface area contributed by atoms with E-state index in [0.717, 1.165) is 40.7 Å². The zero-order valence-electron chi connectivity index (χ0n) is 17.2. The van der Waals surface area contributed by atoms with Crippen LogP contribution in [-0.2, 0) is 14.9 Å². The first-order valence-electron chi connectivity index (χ1n) is 10.6. The van der Waals surface area contributed by atoms with Crippen LogP contribution in [0.15, 0.2) is 48.9 Å². The summed E-state index contributed by atoms with van der Waals surface area (Å²) in [6, 6.07) is 10.1. The molecule has 5 heterocycles. The second kappa shape index (κ2) is 8.58. The number of rotatable bonds is 4. The van der Waals surface area contributed by atoms with E-state index < -0.39 is 10.2 Å². The van der Waals surface area contributed by atoms with Crippen molar-refractivity contribution in [3.63, 3.8) is 0 Å². The number of aromatic nitrogens is 3. The molecule has 0 spiro atoms. The predicted molar refractivity (Wildman–Crippen MR) is 118 cm³/mol. The molecule has 8 nitrogen and oxygen atoms in total. The first-order chi connectivity index (χ1) is 15.1. The number of ether oxygens (including phenoxy) is 1. The van der Waals surface area contributed by atoms with Crippen LogP contribution in [0.2, 0.25) is 0 Å². The van der Waals surface area contributed by atoms with E-state index in [0.29, 0.717) is 39.4 Å². The Labute approximate surface area is 182 Å². The smallest absolute Gasteiger partial charge is 0.282 e. The van der Waals surface area contributed by atoms with Gasteiger partial charge >= 0.3 is 0 Å². The number of morpholine rings is 1. The summed E-state index contributed by atoms with van der Waals surface area (Å²) in [5.41, 5.74) is 3.81. The SMILES string of the molecule is O=S(=O)(N1CCOCC1)N1CCC(c2ccc3cc(-c4ccncc4)cnc3n2)CC1. The Bertz CT molecular complexity index is 1160. The maximum Gasteiger partial charge on any atom is 0.282 e. The highest BCUT2D eigenvalue weighted by Crippen LogP contribution is 2.30. The first kappa shape index (κ1) is 20.4. The number of hydrogen-bond acceptors (Lipinski definition) is 6. The summed E-state index contributed by atoms with van der Waals surface area (Å²) >= 11 is 0. The van der Waals surface area contributed by atoms with Crippen LogP contribution in [0.1, 0.15) is 24.5 Å². The van der Waals surface area contributed by atoms with E-state index in [-0.39, 0.29) is 5.92 Å². The molecule has 162 valence electrons. The fourth-order valence-electron chi connectivity index (χ4n) is 4.28. The summed E-state index contributed by atoms with van der Waals surface area (Å²) in [5, 5.41) is 0.991. The normalized spacial score (nSPS) is 19.6. The van der Waals surface area contributed by atoms with Gasteiger partial charge in [0.2, 0.25) is 0 Å². The molecule has 3 aromatic heterocycles. The topological polar surface area (TPSA) is 88.5 Å². The zero-order valence-corrected chi connectivity index (χ0v) is 18.0. The Morgan fingerprint density at radius 3 is 2.35 bits per heavy atom. The third kappa shape index (κ3) is 4.18. The van der Waals surface area contributed by atoms with Crippen LogP contribution >= 0.6 is 0 Å². The lowest BCUT2D eigenvalue weighted by Crippen LogP contribution is -2.50. The lowest BCUT2D eigenvalue weighted by atomic mass is 9.94. The molecule has 0 aromatic carbocycles. The van der Waals surface area contributed by atoms with Crippen molar-refractivity contribution in [3.8, 4) is 11.1 Å². The van der Waals surface area contributed by atoms with Gasteiger partial charge in [-0.05, 0) is 48.7 Å². The van der Waals surface area contributed by atoms with Crippen molar-refractivity contribution < 1.29 is 13.2 Å². The molecular formula is C22H25N5O3S. The molecule has 5 rings (SSSR count). The van der Waals surface area contributed by atoms with Crippen LogP contribution < -0.4 is 0 Å². The first-order valence-corrected chi connectivity index (χ1v) is 12.0. The van der Waals surface area contributed by atoms with Crippen molar-refractivity contribution in [2.24, 2.45) is 0 Å². The zero-order chi connectivity index (χ0) is 21.3. The van der Waals surface area contributed by atoms with Gasteiger partial charge in [-0.15, -0.1) is 0 Å². The quantitative estimate of drug-likeness (QED) is 0.620. The maximum absolute atomic E-state index is 12.9. The second-order valence-corrected chi connectivity index (χ2v) is 9.86. The van der Waals surface area contributed by atoms with E-state index in [1.165, 1.54) is 4.31 Å². The standard InChI is InChI=1S/C22H25N5O3S/c28-31(29,27-11-13-30-14-12-27)26-9-5-18(6-10-26)21-2-1-19-15-20(16-24-22(19)25-21)17-3-7-23-8-4-17/h1-4,7-8,15-16,18H,5-6,9-14H2. The minimum Gasteiger partial charge on any atom is -0.379 e. The van der Waals surface area contributed by atoms with E-state index in [1.807, 2.05) is 18.3 Å². The Balaban J connectivity index is 1.29. The highest BCUT2D eigenvalue weighted by molar-refractivity contribution is 7.86. The van der Waals surface area contributed by atoms with Crippen LogP contribution in [0.25, 0.3) is 22.2 Å². The Kier molecular flexibility index (Phi) is 5.66. The van der Waals surface area contributed by atoms with Gasteiger partial charge in [0.1, 0.15) is 0 Å². The summed E-state index contributed by atoms with van der Waals surface area (Å²) in [6.45, 7) is 2.82. The molecule has 3 aromatic rings. The molecule has 2 fully saturated rings. The fourth-order valence-corrected chi connectivity index (χ4v) is 5.89. The summed E-state index contributed by atoms with van der Waals surface area (Å²) in [7, 11) is -3.41. The van der Waals surface area contributed by atoms with Gasteiger partial charge in [0.25, 0.3) is 10.2 Å². The van der Waals surface area contributed by atoms with Crippen LogP contribution in [0.5, 0.6) is 0 Å². The van der Waals surface area contributed by atoms with Gasteiger partial charge in [-0.2, -0.15) is 17.0 Å². The number of nitrogens with zero attached hydrogens (tertiary/aromatic N) is 5. The van der Waals surface area contributed by atoms with Crippen molar-refractivity contribution in [3.05, 3.63) is 54.6 Å². The molecule has 0 bridgehead atoms. The molecule has 0 radical (unpaired) electrons. The largest absolute Gasteiger partial charge is 0.379 e. The number of hydrogen-bond donors (Lipinski definition) is 0. The van der Waals surface area contributed by atoms with Gasteiger partial charge in [0.05, 0.1) is 13.2 Å². The van der Waals surface area contributed by atoms with Crippen LogP contribution in [-0.4, -0.2) is 71.4 Å². The van der Waals surface area contributed by atoms with Crippen LogP contribution in [0, 0.1) is 0 Å². The Hall–Kier alpha value is -2.46. The number of pyridine rings is 3. The molecule has 0 aliphatic carbocycles. The Morgan fingerprint density at radius 2 is 1.61 bits per heavy atom. The highest BCUT2D eigenvalue weighted by Gasteiger charge is 2.34. The molecule has 0 N–H and O–H groups in total. The van der Waals surface area contributed by atoms with Crippen LogP contribution in [0.4, 0.5) is 0 Å². The van der Waals surface area contributed by atoms with Gasteiger partial charge in [-0.25, -0.2) is 9.97 Å². The summed E-state index contributed by atoms with van der Waals surface area (Å²) in [5.74, 6) is 0.238. The Morgan fingerprint density at radius 1 is 0.903 bits per heavy atom. The van der Waals surface area contributed by atoms with E-state index >= 15 is 0 Å². The molecule has 9 heteroatoms. The average molecular weight is 440 g/mol. The minimum absolute atomic E-state index is 0.238. The molecule has 31 heavy (non-hydrogen) atoms. The lowest BCUT2D eigenvalue weighted by Gasteiger charge is -2.36. The molecule has 2 saturated heterocycles. The van der Waals surface area contributed by atoms with E-state index in [1.54, 1.807) is 16.7 Å². The minimum atomic E-state index is -3.41. The molecule has 0 amide bonds. The molecule has 0 saturated carbocycles. The number of piperidine rings is 1. The highest BCUT2D eigenvalue weighted by atomic mass is 32.2. The predicted octanol–water partition coefficient (Wildman–Crippen LogP) is 2.45. The maximum atomic E-state index is 12.9. The molecule has 2 aliphatic heterocycles. The summed E-state index contributed by atoms with van der Waals surface area (Å²) in [4.78, 5) is 13.4. The van der Waals surface area contributed by atoms with Gasteiger partial charge in [0.15, 0.2) is 5.65 Å². The molecule has 2 aliphatic rings. The van der Waals surface area contributed by atoms with Crippen molar-refractivity contribution in [2.75, 3.05) is 39.4 Å². The number of fused-ring (bicyclic) bond motifs is 1. The van der Waals surface area contributed by atoms with Gasteiger partial charge in [0, 0.05) is 67.3 Å². The lowest BCUT2D eigenvalue weighted by molar-refractivity contribution is 0.0696. The third-order valence-corrected chi connectivity index (χ3v) is 8.11. The van der Waals surface area contributed by atoms with Crippen molar-refractivity contribution in [1.29, 1.82) is 0 Å². The average Bonchev–Trinajstić information content (AvgIpc) is 2.84. The summed E-state index contributed by atoms with van der Waals surface area (Å²) < 4.78 is 34.2. The van der Waals surface area contributed by atoms with E-state index in [4.69, 9.17) is 9.72 Å². The molecule has 0 unspecified atom stereocenters. The van der Waals surface area contributed by atoms with Crippen molar-refractivity contribution in [1.82, 2.24) is 23.6 Å². The molecular weight excluding hydrogens is 414 g/mol. The van der Waals surface area contributed by atoms with Gasteiger partial charge < -0.3 is 4.74 Å². The second-order valence-electron chi connectivity index (χ2n) is 7.94. The summed E-state index contributed by atoms with van der Waals surface area (Å²) in [6.07, 6.45) is 6.90. The van der Waals surface area contributed by atoms with Gasteiger partial charge in [-0.1, -0.05) is 0 Å². The van der Waals surface area contributed by atoms with E-state index in [2.05, 4.69) is 28.2 Å². The van der Waals surface area contributed by atoms with E-state index in [9.17, 15) is 8.42 Å². The monoisotopic (exact) mass is 439 g/mol. The fraction of sp³-hybridized carbons (Fsp3) is 0.409. The third-order valence-electron chi connectivity index (χ3n) is 6.07. The van der Waals surface area contributed by atoms with Crippen molar-refractivity contribution >= 4 is 21.2 Å². The van der Waals surface area contributed by atoms with Crippen LogP contribution in [0.3, 0.4) is 0 Å². The van der Waals surface area contributed by atoms with Crippen molar-refractivity contribution in [2.45, 2.75) is 18.8 Å². The molecule has 0 atom stereocenters.